The summed E-state index contributed by atoms with van der Waals surface area (Å²) < 4.78 is 16.8. The second kappa shape index (κ2) is 6.76. The molecule has 0 amide bonds. The summed E-state index contributed by atoms with van der Waals surface area (Å²) in [6.45, 7) is 10.1. The Morgan fingerprint density at radius 2 is 2.09 bits per heavy atom. The van der Waals surface area contributed by atoms with Crippen molar-refractivity contribution in [3.63, 3.8) is 0 Å². The van der Waals surface area contributed by atoms with E-state index in [-0.39, 0.29) is 12.2 Å². The van der Waals surface area contributed by atoms with E-state index in [1.807, 2.05) is 6.92 Å². The van der Waals surface area contributed by atoms with Crippen LogP contribution in [0.1, 0.15) is 50.4 Å². The van der Waals surface area contributed by atoms with E-state index in [2.05, 4.69) is 39.1 Å². The van der Waals surface area contributed by atoms with Crippen molar-refractivity contribution >= 4 is 0 Å². The molecule has 126 valence electrons. The molecular weight excluding hydrogens is 298 g/mol. The fourth-order valence-corrected chi connectivity index (χ4v) is 2.74. The highest BCUT2D eigenvalue weighted by atomic mass is 16.5. The standard InChI is InChI=1S/C15H23N5O3/c1-9(2)5-13-16-14(23-19-13)8-20-6-10(3)21-12(7-20)15-18-17-11(4)22-15/h9-10,12H,5-8H2,1-4H3/t10-,12-/m1/s1. The molecule has 0 bridgehead atoms. The van der Waals surface area contributed by atoms with Gasteiger partial charge in [-0.3, -0.25) is 4.90 Å². The van der Waals surface area contributed by atoms with E-state index in [1.165, 1.54) is 0 Å². The molecule has 1 fully saturated rings. The van der Waals surface area contributed by atoms with Crippen LogP contribution in [-0.2, 0) is 17.7 Å². The number of rotatable bonds is 5. The molecule has 2 atom stereocenters. The average molecular weight is 321 g/mol. The zero-order valence-electron chi connectivity index (χ0n) is 14.0. The van der Waals surface area contributed by atoms with Crippen LogP contribution in [0.15, 0.2) is 8.94 Å². The molecule has 2 aromatic rings. The van der Waals surface area contributed by atoms with Gasteiger partial charge in [0.15, 0.2) is 5.82 Å². The van der Waals surface area contributed by atoms with Crippen molar-refractivity contribution in [2.45, 2.75) is 52.9 Å². The van der Waals surface area contributed by atoms with Gasteiger partial charge in [0.25, 0.3) is 0 Å². The third kappa shape index (κ3) is 4.14. The lowest BCUT2D eigenvalue weighted by Gasteiger charge is -2.34. The van der Waals surface area contributed by atoms with Crippen LogP contribution in [0.4, 0.5) is 0 Å². The molecule has 3 heterocycles. The number of hydrogen-bond acceptors (Lipinski definition) is 8. The summed E-state index contributed by atoms with van der Waals surface area (Å²) in [6.07, 6.45) is 0.671. The number of hydrogen-bond donors (Lipinski definition) is 0. The van der Waals surface area contributed by atoms with Gasteiger partial charge in [-0.05, 0) is 12.8 Å². The van der Waals surface area contributed by atoms with Crippen molar-refractivity contribution in [3.8, 4) is 0 Å². The summed E-state index contributed by atoms with van der Waals surface area (Å²) in [4.78, 5) is 6.67. The van der Waals surface area contributed by atoms with E-state index in [9.17, 15) is 0 Å². The maximum absolute atomic E-state index is 5.91. The largest absolute Gasteiger partial charge is 0.423 e. The van der Waals surface area contributed by atoms with E-state index < -0.39 is 0 Å². The van der Waals surface area contributed by atoms with Gasteiger partial charge in [0.2, 0.25) is 17.7 Å². The van der Waals surface area contributed by atoms with E-state index in [4.69, 9.17) is 13.7 Å². The van der Waals surface area contributed by atoms with Crippen molar-refractivity contribution < 1.29 is 13.7 Å². The Balaban J connectivity index is 1.64. The maximum Gasteiger partial charge on any atom is 0.246 e. The van der Waals surface area contributed by atoms with Crippen molar-refractivity contribution in [3.05, 3.63) is 23.5 Å². The van der Waals surface area contributed by atoms with Gasteiger partial charge in [0, 0.05) is 26.4 Å². The highest BCUT2D eigenvalue weighted by Gasteiger charge is 2.30. The Morgan fingerprint density at radius 1 is 1.26 bits per heavy atom. The summed E-state index contributed by atoms with van der Waals surface area (Å²) in [7, 11) is 0. The van der Waals surface area contributed by atoms with Crippen molar-refractivity contribution in [2.75, 3.05) is 13.1 Å². The van der Waals surface area contributed by atoms with Crippen molar-refractivity contribution in [2.24, 2.45) is 5.92 Å². The first kappa shape index (κ1) is 16.1. The Morgan fingerprint density at radius 3 is 2.78 bits per heavy atom. The predicted molar refractivity (Wildman–Crippen MR) is 80.4 cm³/mol. The molecule has 8 nitrogen and oxygen atoms in total. The third-order valence-electron chi connectivity index (χ3n) is 3.61. The lowest BCUT2D eigenvalue weighted by atomic mass is 10.1. The Kier molecular flexibility index (Phi) is 4.72. The summed E-state index contributed by atoms with van der Waals surface area (Å²) in [5.74, 6) is 2.97. The molecule has 8 heteroatoms. The highest BCUT2D eigenvalue weighted by molar-refractivity contribution is 4.93. The van der Waals surface area contributed by atoms with Gasteiger partial charge in [-0.25, -0.2) is 0 Å². The Hall–Kier alpha value is -1.80. The van der Waals surface area contributed by atoms with Gasteiger partial charge >= 0.3 is 0 Å². The van der Waals surface area contributed by atoms with E-state index >= 15 is 0 Å². The van der Waals surface area contributed by atoms with E-state index in [0.717, 1.165) is 18.8 Å². The smallest absolute Gasteiger partial charge is 0.246 e. The second-order valence-electron chi connectivity index (χ2n) is 6.49. The van der Waals surface area contributed by atoms with Gasteiger partial charge in [-0.1, -0.05) is 19.0 Å². The summed E-state index contributed by atoms with van der Waals surface area (Å²) in [5.41, 5.74) is 0. The van der Waals surface area contributed by atoms with Gasteiger partial charge in [0.1, 0.15) is 6.10 Å². The van der Waals surface area contributed by atoms with Crippen molar-refractivity contribution in [1.82, 2.24) is 25.2 Å². The predicted octanol–water partition coefficient (Wildman–Crippen LogP) is 1.92. The molecule has 0 aliphatic carbocycles. The van der Waals surface area contributed by atoms with Crippen LogP contribution in [0, 0.1) is 12.8 Å². The molecule has 3 rings (SSSR count). The minimum absolute atomic E-state index is 0.0685. The lowest BCUT2D eigenvalue weighted by Crippen LogP contribution is -2.42. The number of aryl methyl sites for hydroxylation is 1. The van der Waals surface area contributed by atoms with Crippen LogP contribution in [0.3, 0.4) is 0 Å². The molecular formula is C15H23N5O3. The molecule has 0 unspecified atom stereocenters. The molecule has 0 N–H and O–H groups in total. The van der Waals surface area contributed by atoms with Gasteiger partial charge in [-0.15, -0.1) is 10.2 Å². The SMILES string of the molecule is Cc1nnc([C@H]2CN(Cc3nc(CC(C)C)no3)C[C@@H](C)O2)o1. The molecule has 1 aliphatic heterocycles. The number of morpholine rings is 1. The zero-order valence-corrected chi connectivity index (χ0v) is 14.0. The van der Waals surface area contributed by atoms with Crippen LogP contribution in [-0.4, -0.2) is 44.4 Å². The minimum Gasteiger partial charge on any atom is -0.423 e. The van der Waals surface area contributed by atoms with Gasteiger partial charge in [-0.2, -0.15) is 4.98 Å². The molecule has 0 radical (unpaired) electrons. The second-order valence-corrected chi connectivity index (χ2v) is 6.49. The normalized spacial score (nSPS) is 22.8. The molecule has 1 aliphatic rings. The van der Waals surface area contributed by atoms with Crippen LogP contribution in [0.5, 0.6) is 0 Å². The fourth-order valence-electron chi connectivity index (χ4n) is 2.74. The van der Waals surface area contributed by atoms with Gasteiger partial charge in [0.05, 0.1) is 12.6 Å². The van der Waals surface area contributed by atoms with Crippen LogP contribution in [0.2, 0.25) is 0 Å². The quantitative estimate of drug-likeness (QED) is 0.825. The first-order valence-electron chi connectivity index (χ1n) is 7.99. The lowest BCUT2D eigenvalue weighted by molar-refractivity contribution is -0.0935. The molecule has 2 aromatic heterocycles. The first-order valence-corrected chi connectivity index (χ1v) is 7.99. The third-order valence-corrected chi connectivity index (χ3v) is 3.61. The molecule has 1 saturated heterocycles. The summed E-state index contributed by atoms with van der Waals surface area (Å²) in [6, 6.07) is 0. The monoisotopic (exact) mass is 321 g/mol. The number of aromatic nitrogens is 4. The average Bonchev–Trinajstić information content (AvgIpc) is 3.07. The maximum atomic E-state index is 5.91. The van der Waals surface area contributed by atoms with Crippen LogP contribution >= 0.6 is 0 Å². The van der Waals surface area contributed by atoms with Gasteiger partial charge < -0.3 is 13.7 Å². The molecule has 0 spiro atoms. The first-order chi connectivity index (χ1) is 11.0. The molecule has 23 heavy (non-hydrogen) atoms. The van der Waals surface area contributed by atoms with E-state index in [1.54, 1.807) is 6.92 Å². The topological polar surface area (TPSA) is 90.3 Å². The van der Waals surface area contributed by atoms with E-state index in [0.29, 0.717) is 36.7 Å². The summed E-state index contributed by atoms with van der Waals surface area (Å²) in [5, 5.41) is 12.0. The van der Waals surface area contributed by atoms with Crippen molar-refractivity contribution in [1.29, 1.82) is 0 Å². The summed E-state index contributed by atoms with van der Waals surface area (Å²) >= 11 is 0. The Bertz CT molecular complexity index is 639. The Labute approximate surface area is 135 Å². The van der Waals surface area contributed by atoms with Crippen LogP contribution < -0.4 is 0 Å². The fraction of sp³-hybridized carbons (Fsp3) is 0.733. The molecule has 0 aromatic carbocycles. The molecule has 0 saturated carbocycles. The zero-order chi connectivity index (χ0) is 16.4. The number of nitrogens with zero attached hydrogens (tertiary/aromatic N) is 5. The van der Waals surface area contributed by atoms with Crippen LogP contribution in [0.25, 0.3) is 0 Å². The highest BCUT2D eigenvalue weighted by Crippen LogP contribution is 2.25. The minimum atomic E-state index is -0.224. The number of ether oxygens (including phenoxy) is 1.